The Hall–Kier alpha value is -0.830. The van der Waals surface area contributed by atoms with Crippen molar-refractivity contribution in [3.8, 4) is 0 Å². The van der Waals surface area contributed by atoms with Crippen molar-refractivity contribution < 1.29 is 4.84 Å². The van der Waals surface area contributed by atoms with Crippen LogP contribution >= 0.6 is 0 Å². The van der Waals surface area contributed by atoms with E-state index in [9.17, 15) is 0 Å². The Morgan fingerprint density at radius 1 is 1.36 bits per heavy atom. The Bertz CT molecular complexity index is 281. The van der Waals surface area contributed by atoms with E-state index in [1.807, 2.05) is 0 Å². The van der Waals surface area contributed by atoms with Gasteiger partial charge in [0.2, 0.25) is 0 Å². The molecular weight excluding hydrogens is 176 g/mol. The second-order valence-electron chi connectivity index (χ2n) is 4.16. The molecular formula is C11H18N2O. The minimum Gasteiger partial charge on any atom is -0.399 e. The SMILES string of the molecule is CO/N=C1\CCCC2=C1CCC(N)C2. The molecule has 0 saturated carbocycles. The first-order valence-corrected chi connectivity index (χ1v) is 5.38. The van der Waals surface area contributed by atoms with E-state index in [1.54, 1.807) is 7.11 Å². The van der Waals surface area contributed by atoms with Gasteiger partial charge in [-0.2, -0.15) is 0 Å². The molecule has 78 valence electrons. The van der Waals surface area contributed by atoms with Crippen LogP contribution in [0, 0.1) is 0 Å². The molecule has 2 rings (SSSR count). The third-order valence-electron chi connectivity index (χ3n) is 3.14. The average molecular weight is 194 g/mol. The van der Waals surface area contributed by atoms with E-state index in [-0.39, 0.29) is 0 Å². The van der Waals surface area contributed by atoms with E-state index in [4.69, 9.17) is 10.6 Å². The van der Waals surface area contributed by atoms with Gasteiger partial charge in [0, 0.05) is 6.04 Å². The molecule has 0 radical (unpaired) electrons. The summed E-state index contributed by atoms with van der Waals surface area (Å²) < 4.78 is 0. The van der Waals surface area contributed by atoms with Gasteiger partial charge in [0.1, 0.15) is 7.11 Å². The molecule has 0 saturated heterocycles. The smallest absolute Gasteiger partial charge is 0.106 e. The Morgan fingerprint density at radius 3 is 3.00 bits per heavy atom. The molecule has 0 amide bonds. The number of oxime groups is 1. The van der Waals surface area contributed by atoms with Crippen LogP contribution in [0.1, 0.15) is 38.5 Å². The topological polar surface area (TPSA) is 47.6 Å². The zero-order valence-corrected chi connectivity index (χ0v) is 8.75. The molecule has 3 nitrogen and oxygen atoms in total. The lowest BCUT2D eigenvalue weighted by Crippen LogP contribution is -2.28. The van der Waals surface area contributed by atoms with Crippen molar-refractivity contribution in [2.45, 2.75) is 44.6 Å². The first-order chi connectivity index (χ1) is 6.81. The van der Waals surface area contributed by atoms with Gasteiger partial charge in [-0.1, -0.05) is 10.7 Å². The van der Waals surface area contributed by atoms with Crippen molar-refractivity contribution in [1.29, 1.82) is 0 Å². The van der Waals surface area contributed by atoms with E-state index in [2.05, 4.69) is 5.16 Å². The molecule has 2 aliphatic rings. The Balaban J connectivity index is 2.24. The first-order valence-electron chi connectivity index (χ1n) is 5.38. The van der Waals surface area contributed by atoms with Crippen LogP contribution in [0.3, 0.4) is 0 Å². The van der Waals surface area contributed by atoms with Crippen LogP contribution in [0.2, 0.25) is 0 Å². The second-order valence-corrected chi connectivity index (χ2v) is 4.16. The zero-order chi connectivity index (χ0) is 9.97. The van der Waals surface area contributed by atoms with Gasteiger partial charge >= 0.3 is 0 Å². The van der Waals surface area contributed by atoms with Crippen LogP contribution in [0.25, 0.3) is 0 Å². The second kappa shape index (κ2) is 4.13. The molecule has 0 aromatic rings. The molecule has 0 heterocycles. The molecule has 2 N–H and O–H groups in total. The van der Waals surface area contributed by atoms with E-state index >= 15 is 0 Å². The van der Waals surface area contributed by atoms with Crippen molar-refractivity contribution in [1.82, 2.24) is 0 Å². The summed E-state index contributed by atoms with van der Waals surface area (Å²) in [7, 11) is 1.62. The molecule has 0 aromatic carbocycles. The number of rotatable bonds is 1. The molecule has 3 heteroatoms. The third-order valence-corrected chi connectivity index (χ3v) is 3.14. The summed E-state index contributed by atoms with van der Waals surface area (Å²) >= 11 is 0. The number of nitrogens with zero attached hydrogens (tertiary/aromatic N) is 1. The summed E-state index contributed by atoms with van der Waals surface area (Å²) in [6.07, 6.45) is 6.75. The van der Waals surface area contributed by atoms with Crippen LogP contribution in [0.4, 0.5) is 0 Å². The van der Waals surface area contributed by atoms with Gasteiger partial charge in [0.05, 0.1) is 5.71 Å². The monoisotopic (exact) mass is 194 g/mol. The van der Waals surface area contributed by atoms with E-state index in [0.717, 1.165) is 25.7 Å². The predicted octanol–water partition coefficient (Wildman–Crippen LogP) is 1.98. The standard InChI is InChI=1S/C11H18N2O/c1-14-13-11-4-2-3-8-7-9(12)5-6-10(8)11/h9H,2-7,12H2,1H3/b13-11+. The number of hydrogen-bond donors (Lipinski definition) is 1. The predicted molar refractivity (Wildman–Crippen MR) is 57.1 cm³/mol. The van der Waals surface area contributed by atoms with Crippen molar-refractivity contribution in [2.24, 2.45) is 10.9 Å². The molecule has 1 unspecified atom stereocenters. The molecule has 14 heavy (non-hydrogen) atoms. The maximum atomic E-state index is 5.96. The fraction of sp³-hybridized carbons (Fsp3) is 0.727. The van der Waals surface area contributed by atoms with Crippen LogP contribution in [-0.4, -0.2) is 18.9 Å². The van der Waals surface area contributed by atoms with Gasteiger partial charge in [-0.15, -0.1) is 0 Å². The summed E-state index contributed by atoms with van der Waals surface area (Å²) in [5.41, 5.74) is 10.1. The van der Waals surface area contributed by atoms with Crippen molar-refractivity contribution in [3.05, 3.63) is 11.1 Å². The molecule has 0 aromatic heterocycles. The highest BCUT2D eigenvalue weighted by molar-refractivity contribution is 6.01. The summed E-state index contributed by atoms with van der Waals surface area (Å²) in [6.45, 7) is 0. The average Bonchev–Trinajstić information content (AvgIpc) is 2.18. The van der Waals surface area contributed by atoms with Gasteiger partial charge in [-0.25, -0.2) is 0 Å². The lowest BCUT2D eigenvalue weighted by atomic mass is 9.79. The molecule has 0 bridgehead atoms. The fourth-order valence-electron chi connectivity index (χ4n) is 2.48. The number of allylic oxidation sites excluding steroid dienone is 1. The quantitative estimate of drug-likeness (QED) is 0.649. The highest BCUT2D eigenvalue weighted by atomic mass is 16.6. The van der Waals surface area contributed by atoms with Gasteiger partial charge < -0.3 is 10.6 Å². The highest BCUT2D eigenvalue weighted by Gasteiger charge is 2.24. The number of nitrogens with two attached hydrogens (primary N) is 1. The van der Waals surface area contributed by atoms with Crippen LogP contribution in [0.15, 0.2) is 16.3 Å². The maximum Gasteiger partial charge on any atom is 0.106 e. The first kappa shape index (κ1) is 9.71. The Morgan fingerprint density at radius 2 is 2.21 bits per heavy atom. The van der Waals surface area contributed by atoms with Gasteiger partial charge in [0.25, 0.3) is 0 Å². The summed E-state index contributed by atoms with van der Waals surface area (Å²) in [5.74, 6) is 0. The van der Waals surface area contributed by atoms with Crippen LogP contribution in [-0.2, 0) is 4.84 Å². The lowest BCUT2D eigenvalue weighted by Gasteiger charge is -2.28. The number of hydrogen-bond acceptors (Lipinski definition) is 3. The Kier molecular flexibility index (Phi) is 2.87. The maximum absolute atomic E-state index is 5.96. The highest BCUT2D eigenvalue weighted by Crippen LogP contribution is 2.33. The minimum atomic E-state index is 0.371. The normalized spacial score (nSPS) is 30.4. The summed E-state index contributed by atoms with van der Waals surface area (Å²) in [6, 6.07) is 0.371. The lowest BCUT2D eigenvalue weighted by molar-refractivity contribution is 0.212. The Labute approximate surface area is 85.0 Å². The summed E-state index contributed by atoms with van der Waals surface area (Å²) in [5, 5.41) is 4.11. The largest absolute Gasteiger partial charge is 0.399 e. The van der Waals surface area contributed by atoms with Crippen molar-refractivity contribution in [3.63, 3.8) is 0 Å². The van der Waals surface area contributed by atoms with Crippen LogP contribution < -0.4 is 5.73 Å². The van der Waals surface area contributed by atoms with E-state index in [1.165, 1.54) is 29.7 Å². The van der Waals surface area contributed by atoms with Gasteiger partial charge in [-0.05, 0) is 44.1 Å². The molecule has 0 aliphatic heterocycles. The van der Waals surface area contributed by atoms with E-state index < -0.39 is 0 Å². The minimum absolute atomic E-state index is 0.371. The molecule has 0 fully saturated rings. The van der Waals surface area contributed by atoms with Gasteiger partial charge in [-0.3, -0.25) is 0 Å². The molecule has 2 aliphatic carbocycles. The fourth-order valence-corrected chi connectivity index (χ4v) is 2.48. The molecule has 0 spiro atoms. The van der Waals surface area contributed by atoms with Crippen molar-refractivity contribution >= 4 is 5.71 Å². The third kappa shape index (κ3) is 1.82. The molecule has 1 atom stereocenters. The van der Waals surface area contributed by atoms with Gasteiger partial charge in [0.15, 0.2) is 0 Å². The van der Waals surface area contributed by atoms with Crippen LogP contribution in [0.5, 0.6) is 0 Å². The summed E-state index contributed by atoms with van der Waals surface area (Å²) in [4.78, 5) is 4.88. The zero-order valence-electron chi connectivity index (χ0n) is 8.75. The van der Waals surface area contributed by atoms with E-state index in [0.29, 0.717) is 6.04 Å². The van der Waals surface area contributed by atoms with Crippen molar-refractivity contribution in [2.75, 3.05) is 7.11 Å².